The van der Waals surface area contributed by atoms with Gasteiger partial charge in [0.25, 0.3) is 5.56 Å². The summed E-state index contributed by atoms with van der Waals surface area (Å²) >= 11 is 6.48. The van der Waals surface area contributed by atoms with Gasteiger partial charge in [-0.3, -0.25) is 9.59 Å². The van der Waals surface area contributed by atoms with Crippen molar-refractivity contribution >= 4 is 28.4 Å². The molecule has 0 aliphatic carbocycles. The SMILES string of the molecule is CC(=O)N1CCC(O)(c2cc3c(Cl)nc(C)c(OCc4ccccc4)c3n(C)c2=O)CC1. The molecule has 3 aromatic rings. The minimum absolute atomic E-state index is 0.0404. The van der Waals surface area contributed by atoms with Crippen LogP contribution in [-0.4, -0.2) is 38.6 Å². The number of nitrogens with zero attached hydrogens (tertiary/aromatic N) is 3. The van der Waals surface area contributed by atoms with Crippen molar-refractivity contribution < 1.29 is 14.6 Å². The maximum Gasteiger partial charge on any atom is 0.257 e. The predicted molar refractivity (Wildman–Crippen MR) is 123 cm³/mol. The molecule has 8 heteroatoms. The summed E-state index contributed by atoms with van der Waals surface area (Å²) in [5.74, 6) is 0.444. The van der Waals surface area contributed by atoms with Crippen LogP contribution in [0.4, 0.5) is 0 Å². The molecule has 0 unspecified atom stereocenters. The van der Waals surface area contributed by atoms with E-state index in [2.05, 4.69) is 4.98 Å². The Hall–Kier alpha value is -2.90. The minimum Gasteiger partial charge on any atom is -0.485 e. The largest absolute Gasteiger partial charge is 0.485 e. The number of rotatable bonds is 4. The van der Waals surface area contributed by atoms with Crippen LogP contribution in [0, 0.1) is 6.92 Å². The van der Waals surface area contributed by atoms with Gasteiger partial charge in [0.05, 0.1) is 16.8 Å². The number of aromatic nitrogens is 2. The van der Waals surface area contributed by atoms with Gasteiger partial charge >= 0.3 is 0 Å². The fourth-order valence-electron chi connectivity index (χ4n) is 4.30. The number of benzene rings is 1. The van der Waals surface area contributed by atoms with Gasteiger partial charge in [0.15, 0.2) is 5.75 Å². The molecule has 4 rings (SSSR count). The van der Waals surface area contributed by atoms with E-state index in [9.17, 15) is 14.7 Å². The van der Waals surface area contributed by atoms with Crippen LogP contribution < -0.4 is 10.3 Å². The minimum atomic E-state index is -1.34. The molecule has 1 aliphatic heterocycles. The van der Waals surface area contributed by atoms with E-state index in [-0.39, 0.29) is 35.0 Å². The zero-order chi connectivity index (χ0) is 23.0. The first-order valence-electron chi connectivity index (χ1n) is 10.6. The average molecular weight is 456 g/mol. The highest BCUT2D eigenvalue weighted by molar-refractivity contribution is 6.34. The molecule has 3 heterocycles. The molecule has 32 heavy (non-hydrogen) atoms. The molecular formula is C24H26ClN3O4. The summed E-state index contributed by atoms with van der Waals surface area (Å²) in [5.41, 5.74) is 0.711. The lowest BCUT2D eigenvalue weighted by molar-refractivity contribution is -0.133. The Labute approximate surface area is 191 Å². The lowest BCUT2D eigenvalue weighted by Gasteiger charge is -2.38. The highest BCUT2D eigenvalue weighted by Crippen LogP contribution is 2.37. The number of likely N-dealkylation sites (tertiary alicyclic amines) is 1. The normalized spacial score (nSPS) is 15.7. The molecular weight excluding hydrogens is 430 g/mol. The van der Waals surface area contributed by atoms with Gasteiger partial charge in [0, 0.05) is 38.0 Å². The number of fused-ring (bicyclic) bond motifs is 1. The van der Waals surface area contributed by atoms with Crippen LogP contribution in [0.15, 0.2) is 41.2 Å². The van der Waals surface area contributed by atoms with E-state index in [1.54, 1.807) is 24.9 Å². The maximum atomic E-state index is 13.4. The van der Waals surface area contributed by atoms with Gasteiger partial charge in [0.1, 0.15) is 11.8 Å². The number of piperidine rings is 1. The van der Waals surface area contributed by atoms with E-state index < -0.39 is 5.60 Å². The third kappa shape index (κ3) is 3.98. The number of aryl methyl sites for hydroxylation is 2. The summed E-state index contributed by atoms with van der Waals surface area (Å²) in [6.45, 7) is 4.39. The van der Waals surface area contributed by atoms with Crippen molar-refractivity contribution in [3.8, 4) is 5.75 Å². The Bertz CT molecular complexity index is 1230. The molecule has 1 fully saturated rings. The van der Waals surface area contributed by atoms with E-state index in [0.29, 0.717) is 42.0 Å². The van der Waals surface area contributed by atoms with Gasteiger partial charge in [-0.25, -0.2) is 4.98 Å². The lowest BCUT2D eigenvalue weighted by Crippen LogP contribution is -2.47. The second-order valence-corrected chi connectivity index (χ2v) is 8.67. The molecule has 0 saturated carbocycles. The second-order valence-electron chi connectivity index (χ2n) is 8.31. The number of hydrogen-bond donors (Lipinski definition) is 1. The number of pyridine rings is 2. The fraction of sp³-hybridized carbons (Fsp3) is 0.375. The third-order valence-corrected chi connectivity index (χ3v) is 6.50. The van der Waals surface area contributed by atoms with Crippen molar-refractivity contribution in [2.24, 2.45) is 7.05 Å². The molecule has 0 radical (unpaired) electrons. The van der Waals surface area contributed by atoms with Gasteiger partial charge in [-0.05, 0) is 31.4 Å². The molecule has 1 aromatic carbocycles. The van der Waals surface area contributed by atoms with Gasteiger partial charge in [-0.2, -0.15) is 0 Å². The standard InChI is InChI=1S/C24H26ClN3O4/c1-15-21(32-14-17-7-5-4-6-8-17)20-18(22(25)26-15)13-19(23(30)27(20)3)24(31)9-11-28(12-10-24)16(2)29/h4-8,13,31H,9-12,14H2,1-3H3. The Balaban J connectivity index is 1.78. The van der Waals surface area contributed by atoms with Crippen molar-refractivity contribution in [1.82, 2.24) is 14.5 Å². The average Bonchev–Trinajstić information content (AvgIpc) is 2.77. The Morgan fingerprint density at radius 1 is 1.25 bits per heavy atom. The van der Waals surface area contributed by atoms with Crippen LogP contribution in [0.25, 0.3) is 10.9 Å². The van der Waals surface area contributed by atoms with Crippen LogP contribution in [0.5, 0.6) is 5.75 Å². The molecule has 0 atom stereocenters. The van der Waals surface area contributed by atoms with Gasteiger partial charge in [0.2, 0.25) is 5.91 Å². The smallest absolute Gasteiger partial charge is 0.257 e. The van der Waals surface area contributed by atoms with Crippen molar-refractivity contribution in [2.45, 2.75) is 38.9 Å². The summed E-state index contributed by atoms with van der Waals surface area (Å²) in [4.78, 5) is 31.1. The van der Waals surface area contributed by atoms with E-state index in [1.807, 2.05) is 30.3 Å². The third-order valence-electron chi connectivity index (χ3n) is 6.21. The highest BCUT2D eigenvalue weighted by atomic mass is 35.5. The number of aliphatic hydroxyl groups is 1. The molecule has 2 aromatic heterocycles. The summed E-state index contributed by atoms with van der Waals surface area (Å²) in [5, 5.41) is 12.1. The molecule has 168 valence electrons. The first-order valence-corrected chi connectivity index (χ1v) is 10.9. The van der Waals surface area contributed by atoms with E-state index in [0.717, 1.165) is 5.56 Å². The van der Waals surface area contributed by atoms with Gasteiger partial charge in [-0.1, -0.05) is 41.9 Å². The number of carbonyl (C=O) groups is 1. The number of carbonyl (C=O) groups excluding carboxylic acids is 1. The first kappa shape index (κ1) is 22.3. The molecule has 1 aliphatic rings. The van der Waals surface area contributed by atoms with Crippen LogP contribution in [-0.2, 0) is 24.1 Å². The Morgan fingerprint density at radius 2 is 1.91 bits per heavy atom. The van der Waals surface area contributed by atoms with Gasteiger partial charge in [-0.15, -0.1) is 0 Å². The van der Waals surface area contributed by atoms with E-state index >= 15 is 0 Å². The van der Waals surface area contributed by atoms with Crippen molar-refractivity contribution in [2.75, 3.05) is 13.1 Å². The molecule has 1 N–H and O–H groups in total. The lowest BCUT2D eigenvalue weighted by atomic mass is 9.84. The topological polar surface area (TPSA) is 84.7 Å². The monoisotopic (exact) mass is 455 g/mol. The van der Waals surface area contributed by atoms with Crippen LogP contribution in [0.2, 0.25) is 5.15 Å². The number of halogens is 1. The van der Waals surface area contributed by atoms with Crippen molar-refractivity contribution in [1.29, 1.82) is 0 Å². The highest BCUT2D eigenvalue weighted by Gasteiger charge is 2.38. The summed E-state index contributed by atoms with van der Waals surface area (Å²) < 4.78 is 7.56. The summed E-state index contributed by atoms with van der Waals surface area (Å²) in [6.07, 6.45) is 0.559. The van der Waals surface area contributed by atoms with E-state index in [4.69, 9.17) is 16.3 Å². The summed E-state index contributed by atoms with van der Waals surface area (Å²) in [6, 6.07) is 11.4. The molecule has 0 bridgehead atoms. The zero-order valence-corrected chi connectivity index (χ0v) is 19.1. The molecule has 1 amide bonds. The maximum absolute atomic E-state index is 13.4. The van der Waals surface area contributed by atoms with Crippen molar-refractivity contribution in [3.63, 3.8) is 0 Å². The Kier molecular flexibility index (Phi) is 5.97. The molecule has 7 nitrogen and oxygen atoms in total. The summed E-state index contributed by atoms with van der Waals surface area (Å²) in [7, 11) is 1.65. The van der Waals surface area contributed by atoms with Crippen LogP contribution in [0.1, 0.15) is 36.6 Å². The van der Waals surface area contributed by atoms with Crippen molar-refractivity contribution in [3.05, 3.63) is 68.7 Å². The van der Waals surface area contributed by atoms with Crippen LogP contribution >= 0.6 is 11.6 Å². The predicted octanol–water partition coefficient (Wildman–Crippen LogP) is 3.30. The number of hydrogen-bond acceptors (Lipinski definition) is 5. The second kappa shape index (κ2) is 8.56. The first-order chi connectivity index (χ1) is 15.2. The fourth-order valence-corrected chi connectivity index (χ4v) is 4.57. The van der Waals surface area contributed by atoms with Gasteiger partial charge < -0.3 is 19.3 Å². The number of amides is 1. The molecule has 1 saturated heterocycles. The quantitative estimate of drug-likeness (QED) is 0.610. The number of ether oxygens (including phenoxy) is 1. The van der Waals surface area contributed by atoms with Crippen LogP contribution in [0.3, 0.4) is 0 Å². The van der Waals surface area contributed by atoms with E-state index in [1.165, 1.54) is 11.5 Å². The molecule has 0 spiro atoms. The zero-order valence-electron chi connectivity index (χ0n) is 18.4. The Morgan fingerprint density at radius 3 is 2.53 bits per heavy atom.